The fourth-order valence-electron chi connectivity index (χ4n) is 3.49. The third-order valence-corrected chi connectivity index (χ3v) is 5.16. The molecule has 3 aromatic heterocycles. The van der Waals surface area contributed by atoms with Gasteiger partial charge in [0.2, 0.25) is 0 Å². The molecule has 31 heavy (non-hydrogen) atoms. The van der Waals surface area contributed by atoms with Gasteiger partial charge in [-0.2, -0.15) is 5.10 Å². The van der Waals surface area contributed by atoms with E-state index in [9.17, 15) is 9.59 Å². The van der Waals surface area contributed by atoms with Gasteiger partial charge in [-0.05, 0) is 48.2 Å². The number of imidazole rings is 1. The lowest BCUT2D eigenvalue weighted by Crippen LogP contribution is -2.10. The third-order valence-electron chi connectivity index (χ3n) is 5.16. The highest BCUT2D eigenvalue weighted by molar-refractivity contribution is 5.98. The van der Waals surface area contributed by atoms with Crippen molar-refractivity contribution >= 4 is 22.6 Å². The van der Waals surface area contributed by atoms with Crippen molar-refractivity contribution in [3.05, 3.63) is 72.1 Å². The summed E-state index contributed by atoms with van der Waals surface area (Å²) in [7, 11) is 1.96. The minimum Gasteiger partial charge on any atom is -0.334 e. The molecule has 7 heteroatoms. The minimum atomic E-state index is -0.0803. The predicted octanol–water partition coefficient (Wildman–Crippen LogP) is 4.20. The fourth-order valence-corrected chi connectivity index (χ4v) is 3.49. The van der Waals surface area contributed by atoms with E-state index >= 15 is 0 Å². The van der Waals surface area contributed by atoms with E-state index in [1.165, 1.54) is 0 Å². The van der Waals surface area contributed by atoms with Crippen LogP contribution in [0.4, 0.5) is 0 Å². The molecule has 4 aromatic rings. The van der Waals surface area contributed by atoms with Gasteiger partial charge in [-0.3, -0.25) is 9.59 Å². The van der Waals surface area contributed by atoms with Gasteiger partial charge in [0.15, 0.2) is 11.6 Å². The number of aromatic nitrogens is 5. The number of benzene rings is 1. The van der Waals surface area contributed by atoms with Crippen LogP contribution in [0.25, 0.3) is 16.7 Å². The SMILES string of the molecule is CC(C)CC(=O)c1cccc(C(=O)CCc2cnn(-c3ccc4ncn(C)c4c3)c2)n1. The Bertz CT molecular complexity index is 1250. The van der Waals surface area contributed by atoms with Gasteiger partial charge in [-0.25, -0.2) is 14.6 Å². The number of aryl methyl sites for hydroxylation is 2. The molecule has 0 aliphatic rings. The smallest absolute Gasteiger partial charge is 0.181 e. The number of hydrogen-bond donors (Lipinski definition) is 0. The topological polar surface area (TPSA) is 82.7 Å². The van der Waals surface area contributed by atoms with Crippen molar-refractivity contribution in [2.24, 2.45) is 13.0 Å². The zero-order valence-electron chi connectivity index (χ0n) is 17.9. The minimum absolute atomic E-state index is 0.0312. The maximum Gasteiger partial charge on any atom is 0.181 e. The standard InChI is InChI=1S/C24H25N5O2/c1-16(2)11-24(31)21-6-4-5-20(27-21)23(30)10-7-17-13-26-29(14-17)18-8-9-19-22(12-18)28(3)15-25-19/h4-6,8-9,12-16H,7,10-11H2,1-3H3. The summed E-state index contributed by atoms with van der Waals surface area (Å²) in [4.78, 5) is 33.5. The molecule has 0 bridgehead atoms. The first-order valence-corrected chi connectivity index (χ1v) is 10.4. The maximum atomic E-state index is 12.6. The fraction of sp³-hybridized carbons (Fsp3) is 0.292. The molecule has 0 fully saturated rings. The van der Waals surface area contributed by atoms with Crippen LogP contribution in [0.5, 0.6) is 0 Å². The Morgan fingerprint density at radius 3 is 2.61 bits per heavy atom. The number of hydrogen-bond acceptors (Lipinski definition) is 5. The number of carbonyl (C=O) groups excluding carboxylic acids is 2. The second-order valence-electron chi connectivity index (χ2n) is 8.17. The third kappa shape index (κ3) is 4.60. The molecule has 3 heterocycles. The Labute approximate surface area is 180 Å². The highest BCUT2D eigenvalue weighted by atomic mass is 16.1. The van der Waals surface area contributed by atoms with Crippen molar-refractivity contribution in [1.29, 1.82) is 0 Å². The van der Waals surface area contributed by atoms with Crippen LogP contribution in [0.3, 0.4) is 0 Å². The second kappa shape index (κ2) is 8.63. The summed E-state index contributed by atoms with van der Waals surface area (Å²) in [6, 6.07) is 11.0. The molecule has 0 saturated carbocycles. The Hall–Kier alpha value is -3.61. The molecule has 0 atom stereocenters. The largest absolute Gasteiger partial charge is 0.334 e. The lowest BCUT2D eigenvalue weighted by molar-refractivity contribution is 0.0962. The van der Waals surface area contributed by atoms with Gasteiger partial charge in [0, 0.05) is 26.1 Å². The molecule has 7 nitrogen and oxygen atoms in total. The van der Waals surface area contributed by atoms with Gasteiger partial charge in [0.25, 0.3) is 0 Å². The molecule has 0 unspecified atom stereocenters. The van der Waals surface area contributed by atoms with Crippen molar-refractivity contribution in [3.8, 4) is 5.69 Å². The number of pyridine rings is 1. The maximum absolute atomic E-state index is 12.6. The number of Topliss-reactive ketones (excluding diaryl/α,β-unsaturated/α-hetero) is 2. The van der Waals surface area contributed by atoms with E-state index in [1.54, 1.807) is 35.4 Å². The second-order valence-corrected chi connectivity index (χ2v) is 8.17. The summed E-state index contributed by atoms with van der Waals surface area (Å²) in [5.74, 6) is 0.142. The monoisotopic (exact) mass is 415 g/mol. The quantitative estimate of drug-likeness (QED) is 0.403. The van der Waals surface area contributed by atoms with E-state index in [-0.39, 0.29) is 17.5 Å². The molecule has 0 saturated heterocycles. The van der Waals surface area contributed by atoms with Crippen molar-refractivity contribution in [3.63, 3.8) is 0 Å². The van der Waals surface area contributed by atoms with Crippen LogP contribution in [-0.2, 0) is 13.5 Å². The number of fused-ring (bicyclic) bond motifs is 1. The summed E-state index contributed by atoms with van der Waals surface area (Å²) in [5, 5.41) is 4.44. The molecule has 0 radical (unpaired) electrons. The first-order valence-electron chi connectivity index (χ1n) is 10.4. The Balaban J connectivity index is 1.43. The van der Waals surface area contributed by atoms with E-state index in [2.05, 4.69) is 15.1 Å². The van der Waals surface area contributed by atoms with Gasteiger partial charge in [0.1, 0.15) is 11.4 Å². The van der Waals surface area contributed by atoms with Crippen LogP contribution in [0.1, 0.15) is 53.2 Å². The molecular formula is C24H25N5O2. The average Bonchev–Trinajstić information content (AvgIpc) is 3.38. The van der Waals surface area contributed by atoms with E-state index in [0.717, 1.165) is 22.3 Å². The summed E-state index contributed by atoms with van der Waals surface area (Å²) in [5.41, 5.74) is 4.56. The molecule has 4 rings (SSSR count). The number of carbonyl (C=O) groups is 2. The van der Waals surface area contributed by atoms with Gasteiger partial charge < -0.3 is 4.57 Å². The summed E-state index contributed by atoms with van der Waals surface area (Å²) in [6.45, 7) is 3.98. The summed E-state index contributed by atoms with van der Waals surface area (Å²) in [6.07, 6.45) is 6.78. The van der Waals surface area contributed by atoms with Gasteiger partial charge in [0.05, 0.1) is 29.2 Å². The summed E-state index contributed by atoms with van der Waals surface area (Å²) >= 11 is 0. The van der Waals surface area contributed by atoms with E-state index in [0.29, 0.717) is 30.7 Å². The number of ketones is 2. The highest BCUT2D eigenvalue weighted by Gasteiger charge is 2.14. The lowest BCUT2D eigenvalue weighted by atomic mass is 10.0. The molecular weight excluding hydrogens is 390 g/mol. The molecule has 0 aliphatic heterocycles. The molecule has 0 amide bonds. The molecule has 1 aromatic carbocycles. The van der Waals surface area contributed by atoms with Crippen LogP contribution >= 0.6 is 0 Å². The van der Waals surface area contributed by atoms with Crippen LogP contribution in [0.2, 0.25) is 0 Å². The first-order chi connectivity index (χ1) is 14.9. The van der Waals surface area contributed by atoms with Crippen LogP contribution in [-0.4, -0.2) is 35.9 Å². The number of rotatable bonds is 8. The van der Waals surface area contributed by atoms with Crippen molar-refractivity contribution in [2.75, 3.05) is 0 Å². The Morgan fingerprint density at radius 1 is 1.06 bits per heavy atom. The van der Waals surface area contributed by atoms with E-state index in [4.69, 9.17) is 0 Å². The lowest BCUT2D eigenvalue weighted by Gasteiger charge is -2.05. The zero-order chi connectivity index (χ0) is 22.0. The number of nitrogens with zero attached hydrogens (tertiary/aromatic N) is 5. The van der Waals surface area contributed by atoms with Crippen LogP contribution in [0, 0.1) is 5.92 Å². The van der Waals surface area contributed by atoms with Gasteiger partial charge in [-0.15, -0.1) is 0 Å². The highest BCUT2D eigenvalue weighted by Crippen LogP contribution is 2.18. The van der Waals surface area contributed by atoms with Crippen molar-refractivity contribution < 1.29 is 9.59 Å². The normalized spacial score (nSPS) is 11.4. The van der Waals surface area contributed by atoms with E-state index < -0.39 is 0 Å². The average molecular weight is 415 g/mol. The van der Waals surface area contributed by atoms with Crippen LogP contribution < -0.4 is 0 Å². The van der Waals surface area contributed by atoms with Crippen molar-refractivity contribution in [2.45, 2.75) is 33.1 Å². The van der Waals surface area contributed by atoms with Gasteiger partial charge in [-0.1, -0.05) is 19.9 Å². The molecule has 0 N–H and O–H groups in total. The Kier molecular flexibility index (Phi) is 5.75. The van der Waals surface area contributed by atoms with E-state index in [1.807, 2.05) is 49.9 Å². The predicted molar refractivity (Wildman–Crippen MR) is 119 cm³/mol. The first kappa shape index (κ1) is 20.7. The Morgan fingerprint density at radius 2 is 1.84 bits per heavy atom. The van der Waals surface area contributed by atoms with Crippen LogP contribution in [0.15, 0.2) is 55.1 Å². The summed E-state index contributed by atoms with van der Waals surface area (Å²) < 4.78 is 3.77. The molecule has 0 aliphatic carbocycles. The zero-order valence-corrected chi connectivity index (χ0v) is 17.9. The molecule has 158 valence electrons. The molecule has 0 spiro atoms. The van der Waals surface area contributed by atoms with Gasteiger partial charge >= 0.3 is 0 Å². The van der Waals surface area contributed by atoms with Crippen molar-refractivity contribution in [1.82, 2.24) is 24.3 Å².